The number of aryl methyl sites for hydroxylation is 1. The van der Waals surface area contributed by atoms with Crippen LogP contribution in [0, 0.1) is 0 Å². The van der Waals surface area contributed by atoms with Crippen LogP contribution in [0.25, 0.3) is 0 Å². The number of anilines is 1. The molecular formula is C31H32N4O3. The third-order valence-electron chi connectivity index (χ3n) is 6.40. The Hall–Kier alpha value is -4.49. The zero-order valence-corrected chi connectivity index (χ0v) is 21.1. The number of carbonyl (C=O) groups excluding carboxylic acids is 2. The van der Waals surface area contributed by atoms with Gasteiger partial charge in [-0.1, -0.05) is 84.9 Å². The molecule has 7 heteroatoms. The molecule has 0 radical (unpaired) electrons. The van der Waals surface area contributed by atoms with Gasteiger partial charge < -0.3 is 21.5 Å². The van der Waals surface area contributed by atoms with Crippen molar-refractivity contribution in [2.75, 3.05) is 5.73 Å². The van der Waals surface area contributed by atoms with Crippen molar-refractivity contribution in [1.29, 1.82) is 0 Å². The normalized spacial score (nSPS) is 11.6. The van der Waals surface area contributed by atoms with E-state index in [4.69, 9.17) is 5.73 Å². The first-order valence-electron chi connectivity index (χ1n) is 12.6. The largest absolute Gasteiger partial charge is 0.392 e. The van der Waals surface area contributed by atoms with E-state index >= 15 is 0 Å². The van der Waals surface area contributed by atoms with Crippen molar-refractivity contribution in [2.24, 2.45) is 0 Å². The number of amides is 2. The third kappa shape index (κ3) is 7.27. The molecule has 0 bridgehead atoms. The van der Waals surface area contributed by atoms with Crippen molar-refractivity contribution in [1.82, 2.24) is 15.6 Å². The molecule has 0 aliphatic rings. The minimum absolute atomic E-state index is 0.0374. The second-order valence-electron chi connectivity index (χ2n) is 9.14. The lowest BCUT2D eigenvalue weighted by Gasteiger charge is -2.23. The molecular weight excluding hydrogens is 476 g/mol. The van der Waals surface area contributed by atoms with Gasteiger partial charge in [0.05, 0.1) is 12.5 Å². The molecule has 0 saturated carbocycles. The van der Waals surface area contributed by atoms with E-state index in [1.165, 1.54) is 0 Å². The number of aliphatic hydroxyl groups excluding tert-OH is 1. The topological polar surface area (TPSA) is 117 Å². The SMILES string of the molecule is Nc1cc(CCC(NC(=O)C(c2ccccc2)c2ccccc2)C(=O)NCc2ccc(CO)cc2)ccn1. The lowest BCUT2D eigenvalue weighted by Crippen LogP contribution is -2.48. The zero-order valence-electron chi connectivity index (χ0n) is 21.1. The number of hydrogen-bond donors (Lipinski definition) is 4. The van der Waals surface area contributed by atoms with E-state index in [1.807, 2.05) is 91.0 Å². The number of hydrogen-bond acceptors (Lipinski definition) is 5. The van der Waals surface area contributed by atoms with Crippen LogP contribution in [0.5, 0.6) is 0 Å². The number of rotatable bonds is 11. The fraction of sp³-hybridized carbons (Fsp3) is 0.194. The van der Waals surface area contributed by atoms with E-state index < -0.39 is 12.0 Å². The monoisotopic (exact) mass is 508 g/mol. The number of benzene rings is 3. The van der Waals surface area contributed by atoms with E-state index in [9.17, 15) is 14.7 Å². The molecule has 0 saturated heterocycles. The van der Waals surface area contributed by atoms with E-state index in [0.717, 1.165) is 27.8 Å². The summed E-state index contributed by atoms with van der Waals surface area (Å²) in [4.78, 5) is 31.1. The molecule has 194 valence electrons. The first-order chi connectivity index (χ1) is 18.5. The molecule has 0 spiro atoms. The lowest BCUT2D eigenvalue weighted by molar-refractivity contribution is -0.129. The highest BCUT2D eigenvalue weighted by Crippen LogP contribution is 2.25. The fourth-order valence-electron chi connectivity index (χ4n) is 4.35. The van der Waals surface area contributed by atoms with Gasteiger partial charge in [0.15, 0.2) is 0 Å². The van der Waals surface area contributed by atoms with Gasteiger partial charge in [-0.2, -0.15) is 0 Å². The Labute approximate surface area is 222 Å². The molecule has 7 nitrogen and oxygen atoms in total. The highest BCUT2D eigenvalue weighted by atomic mass is 16.3. The summed E-state index contributed by atoms with van der Waals surface area (Å²) in [5.74, 6) is -0.669. The molecule has 4 rings (SSSR count). The molecule has 3 aromatic carbocycles. The Balaban J connectivity index is 1.53. The van der Waals surface area contributed by atoms with Gasteiger partial charge in [0.1, 0.15) is 11.9 Å². The molecule has 4 aromatic rings. The van der Waals surface area contributed by atoms with Crippen molar-refractivity contribution in [3.8, 4) is 0 Å². The second-order valence-corrected chi connectivity index (χ2v) is 9.14. The Morgan fingerprint density at radius 1 is 0.789 bits per heavy atom. The Morgan fingerprint density at radius 3 is 1.97 bits per heavy atom. The van der Waals surface area contributed by atoms with Crippen LogP contribution in [0.2, 0.25) is 0 Å². The Bertz CT molecular complexity index is 1290. The summed E-state index contributed by atoms with van der Waals surface area (Å²) in [6.07, 6.45) is 2.56. The first kappa shape index (κ1) is 26.6. The molecule has 1 aromatic heterocycles. The van der Waals surface area contributed by atoms with Crippen LogP contribution in [-0.2, 0) is 29.2 Å². The minimum atomic E-state index is -0.761. The number of nitrogen functional groups attached to an aromatic ring is 1. The van der Waals surface area contributed by atoms with Crippen molar-refractivity contribution in [3.05, 3.63) is 131 Å². The lowest BCUT2D eigenvalue weighted by atomic mass is 9.90. The van der Waals surface area contributed by atoms with Gasteiger partial charge >= 0.3 is 0 Å². The summed E-state index contributed by atoms with van der Waals surface area (Å²) in [6, 6.07) is 29.3. The molecule has 0 aliphatic carbocycles. The zero-order chi connectivity index (χ0) is 26.7. The summed E-state index contributed by atoms with van der Waals surface area (Å²) in [6.45, 7) is 0.268. The molecule has 0 fully saturated rings. The predicted octanol–water partition coefficient (Wildman–Crippen LogP) is 3.72. The van der Waals surface area contributed by atoms with E-state index in [0.29, 0.717) is 25.2 Å². The van der Waals surface area contributed by atoms with Gasteiger partial charge in [0.25, 0.3) is 0 Å². The summed E-state index contributed by atoms with van der Waals surface area (Å²) in [5, 5.41) is 15.2. The van der Waals surface area contributed by atoms with Crippen LogP contribution in [0.15, 0.2) is 103 Å². The van der Waals surface area contributed by atoms with Gasteiger partial charge in [-0.05, 0) is 52.8 Å². The van der Waals surface area contributed by atoms with Crippen molar-refractivity contribution < 1.29 is 14.7 Å². The Morgan fingerprint density at radius 2 is 1.39 bits per heavy atom. The maximum atomic E-state index is 13.7. The summed E-state index contributed by atoms with van der Waals surface area (Å²) in [5.41, 5.74) is 10.2. The summed E-state index contributed by atoms with van der Waals surface area (Å²) in [7, 11) is 0. The molecule has 1 heterocycles. The molecule has 1 atom stereocenters. The maximum absolute atomic E-state index is 13.7. The quantitative estimate of drug-likeness (QED) is 0.246. The maximum Gasteiger partial charge on any atom is 0.242 e. The molecule has 5 N–H and O–H groups in total. The van der Waals surface area contributed by atoms with Crippen LogP contribution in [0.1, 0.15) is 40.2 Å². The van der Waals surface area contributed by atoms with Crippen LogP contribution >= 0.6 is 0 Å². The van der Waals surface area contributed by atoms with E-state index in [-0.39, 0.29) is 18.4 Å². The number of nitrogens with zero attached hydrogens (tertiary/aromatic N) is 1. The van der Waals surface area contributed by atoms with Gasteiger partial charge in [-0.25, -0.2) is 4.98 Å². The van der Waals surface area contributed by atoms with Gasteiger partial charge in [-0.3, -0.25) is 9.59 Å². The number of carbonyl (C=O) groups is 2. The highest BCUT2D eigenvalue weighted by molar-refractivity contribution is 5.92. The van der Waals surface area contributed by atoms with Crippen LogP contribution in [0.3, 0.4) is 0 Å². The third-order valence-corrected chi connectivity index (χ3v) is 6.40. The van der Waals surface area contributed by atoms with Gasteiger partial charge in [-0.15, -0.1) is 0 Å². The first-order valence-corrected chi connectivity index (χ1v) is 12.6. The average Bonchev–Trinajstić information content (AvgIpc) is 2.95. The van der Waals surface area contributed by atoms with Crippen molar-refractivity contribution >= 4 is 17.6 Å². The Kier molecular flexibility index (Phi) is 9.21. The van der Waals surface area contributed by atoms with Crippen LogP contribution < -0.4 is 16.4 Å². The number of aliphatic hydroxyl groups is 1. The summed E-state index contributed by atoms with van der Waals surface area (Å²) >= 11 is 0. The average molecular weight is 509 g/mol. The van der Waals surface area contributed by atoms with E-state index in [2.05, 4.69) is 15.6 Å². The number of nitrogens with two attached hydrogens (primary N) is 1. The molecule has 38 heavy (non-hydrogen) atoms. The predicted molar refractivity (Wildman–Crippen MR) is 148 cm³/mol. The van der Waals surface area contributed by atoms with Gasteiger partial charge in [0.2, 0.25) is 11.8 Å². The molecule has 2 amide bonds. The number of nitrogens with one attached hydrogen (secondary N) is 2. The van der Waals surface area contributed by atoms with Crippen molar-refractivity contribution in [2.45, 2.75) is 38.0 Å². The number of pyridine rings is 1. The fourth-order valence-corrected chi connectivity index (χ4v) is 4.35. The van der Waals surface area contributed by atoms with Crippen LogP contribution in [-0.4, -0.2) is 27.9 Å². The smallest absolute Gasteiger partial charge is 0.242 e. The highest BCUT2D eigenvalue weighted by Gasteiger charge is 2.27. The summed E-state index contributed by atoms with van der Waals surface area (Å²) < 4.78 is 0. The van der Waals surface area contributed by atoms with Crippen molar-refractivity contribution in [3.63, 3.8) is 0 Å². The standard InChI is InChI=1S/C31H32N4O3/c32-28-19-22(17-18-33-28)15-16-27(30(37)34-20-23-11-13-24(21-36)14-12-23)35-31(38)29(25-7-3-1-4-8-25)26-9-5-2-6-10-26/h1-14,17-19,27,29,36H,15-16,20-21H2,(H2,32,33)(H,34,37)(H,35,38). The second kappa shape index (κ2) is 13.2. The van der Waals surface area contributed by atoms with Crippen LogP contribution in [0.4, 0.5) is 5.82 Å². The minimum Gasteiger partial charge on any atom is -0.392 e. The molecule has 1 unspecified atom stereocenters. The van der Waals surface area contributed by atoms with Gasteiger partial charge in [0, 0.05) is 12.7 Å². The molecule has 0 aliphatic heterocycles. The van der Waals surface area contributed by atoms with E-state index in [1.54, 1.807) is 12.3 Å². The number of aromatic nitrogens is 1.